The number of ether oxygens (including phenoxy) is 1. The third-order valence-electron chi connectivity index (χ3n) is 2.35. The topological polar surface area (TPSA) is 67.4 Å². The fourth-order valence-electron chi connectivity index (χ4n) is 1.28. The molecule has 5 nitrogen and oxygen atoms in total. The molecule has 0 unspecified atom stereocenters. The second-order valence-electron chi connectivity index (χ2n) is 3.89. The van der Waals surface area contributed by atoms with Crippen LogP contribution < -0.4 is 10.6 Å². The summed E-state index contributed by atoms with van der Waals surface area (Å²) in [4.78, 5) is 22.6. The van der Waals surface area contributed by atoms with Gasteiger partial charge in [0.05, 0.1) is 18.1 Å². The first-order valence-corrected chi connectivity index (χ1v) is 5.89. The Balaban J connectivity index is 2.47. The number of nitrogens with one attached hydrogen (secondary N) is 2. The molecule has 0 fully saturated rings. The van der Waals surface area contributed by atoms with Crippen LogP contribution in [0.15, 0.2) is 18.2 Å². The maximum atomic E-state index is 13.1. The highest BCUT2D eigenvalue weighted by atomic mass is 35.5. The molecule has 104 valence electrons. The van der Waals surface area contributed by atoms with Gasteiger partial charge in [0.15, 0.2) is 0 Å². The van der Waals surface area contributed by atoms with Crippen LogP contribution in [-0.4, -0.2) is 25.7 Å². The first-order chi connectivity index (χ1) is 8.93. The minimum atomic E-state index is -0.623. The summed E-state index contributed by atoms with van der Waals surface area (Å²) in [5, 5.41) is 4.87. The third-order valence-corrected chi connectivity index (χ3v) is 2.66. The number of urea groups is 1. The summed E-state index contributed by atoms with van der Waals surface area (Å²) in [5.74, 6) is -1.50. The van der Waals surface area contributed by atoms with Gasteiger partial charge in [-0.25, -0.2) is 9.18 Å². The van der Waals surface area contributed by atoms with Crippen molar-refractivity contribution in [1.29, 1.82) is 0 Å². The monoisotopic (exact) mass is 288 g/mol. The van der Waals surface area contributed by atoms with Gasteiger partial charge in [-0.05, 0) is 18.2 Å². The lowest BCUT2D eigenvalue weighted by molar-refractivity contribution is -0.144. The van der Waals surface area contributed by atoms with Gasteiger partial charge < -0.3 is 15.4 Å². The average molecular weight is 289 g/mol. The van der Waals surface area contributed by atoms with Gasteiger partial charge in [-0.1, -0.05) is 18.5 Å². The molecular formula is C12H14ClFN2O3. The summed E-state index contributed by atoms with van der Waals surface area (Å²) in [6, 6.07) is 3.36. The minimum absolute atomic E-state index is 0.0229. The predicted octanol–water partition coefficient (Wildman–Crippen LogP) is 2.41. The molecule has 0 bridgehead atoms. The molecular weight excluding hydrogens is 275 g/mol. The van der Waals surface area contributed by atoms with E-state index in [0.717, 1.165) is 6.07 Å². The second kappa shape index (κ2) is 6.94. The number of rotatable bonds is 4. The zero-order valence-electron chi connectivity index (χ0n) is 10.5. The Kier molecular flexibility index (Phi) is 5.57. The lowest BCUT2D eigenvalue weighted by Crippen LogP contribution is -2.35. The van der Waals surface area contributed by atoms with Crippen molar-refractivity contribution >= 4 is 29.3 Å². The van der Waals surface area contributed by atoms with Gasteiger partial charge in [0.25, 0.3) is 0 Å². The number of hydrogen-bond acceptors (Lipinski definition) is 3. The van der Waals surface area contributed by atoms with Crippen LogP contribution in [0, 0.1) is 11.7 Å². The molecule has 1 atom stereocenters. The Hall–Kier alpha value is -1.82. The number of esters is 1. The fourth-order valence-corrected chi connectivity index (χ4v) is 1.40. The maximum Gasteiger partial charge on any atom is 0.319 e. The Labute approximate surface area is 115 Å². The van der Waals surface area contributed by atoms with Gasteiger partial charge in [-0.3, -0.25) is 4.79 Å². The summed E-state index contributed by atoms with van der Waals surface area (Å²) in [6.45, 7) is 1.74. The van der Waals surface area contributed by atoms with Crippen molar-refractivity contribution in [3.63, 3.8) is 0 Å². The van der Waals surface area contributed by atoms with Crippen molar-refractivity contribution < 1.29 is 18.7 Å². The number of hydrogen-bond donors (Lipinski definition) is 2. The first kappa shape index (κ1) is 15.2. The van der Waals surface area contributed by atoms with E-state index in [2.05, 4.69) is 15.4 Å². The summed E-state index contributed by atoms with van der Waals surface area (Å²) in [5.41, 5.74) is 0.269. The molecule has 1 aromatic carbocycles. The molecule has 0 aliphatic rings. The smallest absolute Gasteiger partial charge is 0.319 e. The van der Waals surface area contributed by atoms with Crippen molar-refractivity contribution in [3.05, 3.63) is 29.0 Å². The van der Waals surface area contributed by atoms with E-state index in [0.29, 0.717) is 0 Å². The van der Waals surface area contributed by atoms with Gasteiger partial charge in [0, 0.05) is 12.2 Å². The maximum absolute atomic E-state index is 13.1. The number of methoxy groups -OCH3 is 1. The van der Waals surface area contributed by atoms with Crippen molar-refractivity contribution in [1.82, 2.24) is 5.32 Å². The normalized spacial score (nSPS) is 11.6. The zero-order chi connectivity index (χ0) is 14.4. The number of carbonyl (C=O) groups excluding carboxylic acids is 2. The van der Waals surface area contributed by atoms with E-state index in [-0.39, 0.29) is 17.3 Å². The average Bonchev–Trinajstić information content (AvgIpc) is 2.39. The van der Waals surface area contributed by atoms with E-state index in [1.54, 1.807) is 6.92 Å². The van der Waals surface area contributed by atoms with Crippen molar-refractivity contribution in [3.8, 4) is 0 Å². The second-order valence-corrected chi connectivity index (χ2v) is 4.30. The lowest BCUT2D eigenvalue weighted by Gasteiger charge is -2.11. The zero-order valence-corrected chi connectivity index (χ0v) is 11.3. The highest BCUT2D eigenvalue weighted by Gasteiger charge is 2.14. The van der Waals surface area contributed by atoms with E-state index in [9.17, 15) is 14.0 Å². The largest absolute Gasteiger partial charge is 0.469 e. The van der Waals surface area contributed by atoms with Gasteiger partial charge in [-0.15, -0.1) is 0 Å². The Morgan fingerprint density at radius 2 is 2.16 bits per heavy atom. The van der Waals surface area contributed by atoms with Crippen LogP contribution in [0.1, 0.15) is 6.92 Å². The summed E-state index contributed by atoms with van der Waals surface area (Å²) in [6.07, 6.45) is 0. The molecule has 0 aromatic heterocycles. The highest BCUT2D eigenvalue weighted by Crippen LogP contribution is 2.18. The molecule has 0 saturated carbocycles. The first-order valence-electron chi connectivity index (χ1n) is 5.51. The number of amides is 2. The Bertz CT molecular complexity index is 482. The van der Waals surface area contributed by atoms with Crippen LogP contribution in [0.3, 0.4) is 0 Å². The molecule has 0 aliphatic heterocycles. The number of carbonyl (C=O) groups is 2. The molecule has 0 spiro atoms. The van der Waals surface area contributed by atoms with Crippen LogP contribution >= 0.6 is 11.6 Å². The lowest BCUT2D eigenvalue weighted by atomic mass is 10.2. The van der Waals surface area contributed by atoms with Gasteiger partial charge in [0.2, 0.25) is 0 Å². The van der Waals surface area contributed by atoms with Crippen LogP contribution in [0.25, 0.3) is 0 Å². The molecule has 0 radical (unpaired) electrons. The predicted molar refractivity (Wildman–Crippen MR) is 69.6 cm³/mol. The molecule has 0 aliphatic carbocycles. The standard InChI is InChI=1S/C12H14ClFN2O3/c1-7(11(17)19-2)6-15-12(18)16-8-3-4-9(13)10(14)5-8/h3-5,7H,6H2,1-2H3,(H2,15,16,18)/t7-/m0/s1. The van der Waals surface area contributed by atoms with E-state index in [1.165, 1.54) is 19.2 Å². The van der Waals surface area contributed by atoms with Crippen LogP contribution in [0.5, 0.6) is 0 Å². The van der Waals surface area contributed by atoms with Crippen molar-refractivity contribution in [2.45, 2.75) is 6.92 Å². The Morgan fingerprint density at radius 1 is 1.47 bits per heavy atom. The quantitative estimate of drug-likeness (QED) is 0.836. The van der Waals surface area contributed by atoms with Gasteiger partial charge in [0.1, 0.15) is 5.82 Å². The van der Waals surface area contributed by atoms with E-state index < -0.39 is 23.7 Å². The number of anilines is 1. The van der Waals surface area contributed by atoms with E-state index >= 15 is 0 Å². The van der Waals surface area contributed by atoms with Crippen LogP contribution in [-0.2, 0) is 9.53 Å². The van der Waals surface area contributed by atoms with Crippen molar-refractivity contribution in [2.24, 2.45) is 5.92 Å². The summed E-state index contributed by atoms with van der Waals surface area (Å²) < 4.78 is 17.6. The molecule has 0 heterocycles. The summed E-state index contributed by atoms with van der Waals surface area (Å²) >= 11 is 5.52. The molecule has 0 saturated heterocycles. The minimum Gasteiger partial charge on any atom is -0.469 e. The number of halogens is 2. The molecule has 7 heteroatoms. The molecule has 1 rings (SSSR count). The molecule has 1 aromatic rings. The number of benzene rings is 1. The third kappa shape index (κ3) is 4.75. The SMILES string of the molecule is COC(=O)[C@@H](C)CNC(=O)Nc1ccc(Cl)c(F)c1. The van der Waals surface area contributed by atoms with Crippen LogP contribution in [0.4, 0.5) is 14.9 Å². The summed E-state index contributed by atoms with van der Waals surface area (Å²) in [7, 11) is 1.27. The Morgan fingerprint density at radius 3 is 2.74 bits per heavy atom. The molecule has 19 heavy (non-hydrogen) atoms. The van der Waals surface area contributed by atoms with Crippen LogP contribution in [0.2, 0.25) is 5.02 Å². The van der Waals surface area contributed by atoms with Gasteiger partial charge >= 0.3 is 12.0 Å². The molecule has 2 N–H and O–H groups in total. The fraction of sp³-hybridized carbons (Fsp3) is 0.333. The van der Waals surface area contributed by atoms with E-state index in [4.69, 9.17) is 11.6 Å². The highest BCUT2D eigenvalue weighted by molar-refractivity contribution is 6.30. The van der Waals surface area contributed by atoms with Crippen molar-refractivity contribution in [2.75, 3.05) is 19.0 Å². The van der Waals surface area contributed by atoms with Gasteiger partial charge in [-0.2, -0.15) is 0 Å². The van der Waals surface area contributed by atoms with E-state index in [1.807, 2.05) is 0 Å². The molecule has 2 amide bonds.